The molecule has 0 saturated carbocycles. The van der Waals surface area contributed by atoms with Crippen LogP contribution in [0.4, 0.5) is 23.0 Å². The van der Waals surface area contributed by atoms with E-state index in [4.69, 9.17) is 9.97 Å². The van der Waals surface area contributed by atoms with E-state index in [1.165, 1.54) is 38.4 Å². The predicted octanol–water partition coefficient (Wildman–Crippen LogP) is 11.8. The molecule has 51 heavy (non-hydrogen) atoms. The van der Waals surface area contributed by atoms with Crippen LogP contribution in [0.25, 0.3) is 54.8 Å². The lowest BCUT2D eigenvalue weighted by Gasteiger charge is -2.54. The van der Waals surface area contributed by atoms with E-state index in [9.17, 15) is 0 Å². The Labute approximate surface area is 295 Å². The minimum Gasteiger partial charge on any atom is -0.309 e. The molecule has 0 fully saturated rings. The van der Waals surface area contributed by atoms with Gasteiger partial charge in [0, 0.05) is 33.2 Å². The number of benzene rings is 8. The van der Waals surface area contributed by atoms with Gasteiger partial charge in [-0.25, -0.2) is 9.97 Å². The molecule has 0 N–H and O–H groups in total. The molecule has 2 heterocycles. The van der Waals surface area contributed by atoms with Crippen LogP contribution in [0.5, 0.6) is 0 Å². The van der Waals surface area contributed by atoms with Crippen molar-refractivity contribution >= 4 is 55.5 Å². The second-order valence-corrected chi connectivity index (χ2v) is 13.3. The predicted molar refractivity (Wildman–Crippen MR) is 210 cm³/mol. The highest BCUT2D eigenvalue weighted by atomic mass is 15.5. The second kappa shape index (κ2) is 10.6. The van der Waals surface area contributed by atoms with E-state index in [0.717, 1.165) is 44.6 Å². The molecule has 0 radical (unpaired) electrons. The summed E-state index contributed by atoms with van der Waals surface area (Å²) < 4.78 is 0. The van der Waals surface area contributed by atoms with Gasteiger partial charge in [-0.1, -0.05) is 152 Å². The average Bonchev–Trinajstić information content (AvgIpc) is 3.48. The van der Waals surface area contributed by atoms with Gasteiger partial charge in [-0.15, -0.1) is 0 Å². The Balaban J connectivity index is 1.35. The van der Waals surface area contributed by atoms with E-state index >= 15 is 0 Å². The summed E-state index contributed by atoms with van der Waals surface area (Å²) in [7, 11) is 0. The number of para-hydroxylation sites is 1. The zero-order valence-corrected chi connectivity index (χ0v) is 27.6. The number of anilines is 4. The second-order valence-electron chi connectivity index (χ2n) is 13.3. The van der Waals surface area contributed by atoms with Gasteiger partial charge in [0.1, 0.15) is 0 Å². The maximum Gasteiger partial charge on any atom is 0.233 e. The normalized spacial score (nSPS) is 14.0. The number of hydrogen-bond acceptors (Lipinski definition) is 4. The van der Waals surface area contributed by atoms with Crippen molar-refractivity contribution in [1.29, 1.82) is 0 Å². The molecule has 238 valence electrons. The van der Waals surface area contributed by atoms with Gasteiger partial charge >= 0.3 is 0 Å². The minimum atomic E-state index is -0.865. The summed E-state index contributed by atoms with van der Waals surface area (Å²) in [6, 6.07) is 65.2. The van der Waals surface area contributed by atoms with Gasteiger partial charge in [0.2, 0.25) is 5.95 Å². The monoisotopic (exact) mass is 650 g/mol. The smallest absolute Gasteiger partial charge is 0.233 e. The van der Waals surface area contributed by atoms with Crippen molar-refractivity contribution in [2.45, 2.75) is 5.66 Å². The molecule has 4 nitrogen and oxygen atoms in total. The van der Waals surface area contributed by atoms with E-state index in [1.807, 2.05) is 0 Å². The third-order valence-electron chi connectivity index (χ3n) is 10.7. The quantitative estimate of drug-likeness (QED) is 0.178. The molecule has 0 atom stereocenters. The van der Waals surface area contributed by atoms with Gasteiger partial charge in [0.05, 0.1) is 22.6 Å². The molecule has 4 heteroatoms. The Morgan fingerprint density at radius 2 is 1.00 bits per heavy atom. The third kappa shape index (κ3) is 3.79. The van der Waals surface area contributed by atoms with Crippen LogP contribution in [0.1, 0.15) is 11.1 Å². The lowest BCUT2D eigenvalue weighted by molar-refractivity contribution is 0.532. The summed E-state index contributed by atoms with van der Waals surface area (Å²) in [4.78, 5) is 16.2. The maximum atomic E-state index is 5.69. The Morgan fingerprint density at radius 3 is 1.73 bits per heavy atom. The van der Waals surface area contributed by atoms with Crippen LogP contribution in [0.2, 0.25) is 0 Å². The number of hydrogen-bond donors (Lipinski definition) is 0. The van der Waals surface area contributed by atoms with Crippen LogP contribution < -0.4 is 9.80 Å². The Bertz CT molecular complexity index is 2780. The molecule has 11 rings (SSSR count). The molecule has 2 aliphatic rings. The topological polar surface area (TPSA) is 32.3 Å². The largest absolute Gasteiger partial charge is 0.309 e. The highest BCUT2D eigenvalue weighted by molar-refractivity contribution is 6.14. The van der Waals surface area contributed by atoms with Gasteiger partial charge < -0.3 is 4.90 Å². The molecule has 0 amide bonds. The highest BCUT2D eigenvalue weighted by Gasteiger charge is 2.57. The third-order valence-corrected chi connectivity index (χ3v) is 10.7. The van der Waals surface area contributed by atoms with Gasteiger partial charge in [-0.3, -0.25) is 4.90 Å². The van der Waals surface area contributed by atoms with Crippen LogP contribution in [-0.2, 0) is 5.66 Å². The molecular weight excluding hydrogens is 621 g/mol. The first kappa shape index (κ1) is 28.1. The molecule has 1 aliphatic carbocycles. The number of aromatic nitrogens is 2. The van der Waals surface area contributed by atoms with E-state index < -0.39 is 5.66 Å². The standard InChI is InChI=1S/C47H30N4/c1-3-16-33(17-4-1)45-44-35-22-8-7-15-31(35)29-30-40(44)48-46(49-45)51-42-28-14-19-32-18-13-27-41(43(32)42)50(34-20-5-2-6-21-34)47(51)38-25-11-9-23-36(38)37-24-10-12-26-39(37)47/h1-30H. The van der Waals surface area contributed by atoms with Crippen molar-refractivity contribution in [3.05, 3.63) is 193 Å². The van der Waals surface area contributed by atoms with E-state index in [1.54, 1.807) is 0 Å². The Kier molecular flexibility index (Phi) is 5.84. The number of nitrogens with zero attached hydrogens (tertiary/aromatic N) is 4. The van der Waals surface area contributed by atoms with E-state index in [0.29, 0.717) is 5.95 Å². The first-order valence-corrected chi connectivity index (χ1v) is 17.4. The SMILES string of the molecule is c1ccc(-c2nc(N3c4cccc5cccc(c45)N(c4ccccc4)C34c3ccccc3-c3ccccc34)nc3ccc4ccccc4c23)cc1. The van der Waals surface area contributed by atoms with Crippen molar-refractivity contribution in [3.8, 4) is 22.4 Å². The lowest BCUT2D eigenvalue weighted by atomic mass is 9.86. The Hall–Kier alpha value is -6.78. The molecular formula is C47H30N4. The number of fused-ring (bicyclic) bond motifs is 8. The van der Waals surface area contributed by atoms with Crippen molar-refractivity contribution in [2.75, 3.05) is 9.80 Å². The van der Waals surface area contributed by atoms with Gasteiger partial charge in [0.15, 0.2) is 5.66 Å². The van der Waals surface area contributed by atoms with Crippen molar-refractivity contribution < 1.29 is 0 Å². The minimum absolute atomic E-state index is 0.645. The van der Waals surface area contributed by atoms with Gasteiger partial charge in [0.25, 0.3) is 0 Å². The van der Waals surface area contributed by atoms with E-state index in [2.05, 4.69) is 192 Å². The van der Waals surface area contributed by atoms with Gasteiger partial charge in [-0.2, -0.15) is 0 Å². The first-order chi connectivity index (χ1) is 25.3. The van der Waals surface area contributed by atoms with Crippen LogP contribution >= 0.6 is 0 Å². The van der Waals surface area contributed by atoms with Crippen LogP contribution in [0, 0.1) is 0 Å². The zero-order valence-electron chi connectivity index (χ0n) is 27.6. The van der Waals surface area contributed by atoms with E-state index in [-0.39, 0.29) is 0 Å². The molecule has 9 aromatic rings. The highest BCUT2D eigenvalue weighted by Crippen LogP contribution is 2.63. The fourth-order valence-corrected chi connectivity index (χ4v) is 8.74. The van der Waals surface area contributed by atoms with Gasteiger partial charge in [-0.05, 0) is 57.6 Å². The van der Waals surface area contributed by atoms with Crippen molar-refractivity contribution in [2.24, 2.45) is 0 Å². The first-order valence-electron chi connectivity index (χ1n) is 17.4. The van der Waals surface area contributed by atoms with Crippen LogP contribution in [0.15, 0.2) is 182 Å². The van der Waals surface area contributed by atoms with Crippen molar-refractivity contribution in [3.63, 3.8) is 0 Å². The van der Waals surface area contributed by atoms with Crippen molar-refractivity contribution in [1.82, 2.24) is 9.97 Å². The summed E-state index contributed by atoms with van der Waals surface area (Å²) in [6.07, 6.45) is 0. The average molecular weight is 651 g/mol. The Morgan fingerprint density at radius 1 is 0.412 bits per heavy atom. The molecule has 1 aliphatic heterocycles. The van der Waals surface area contributed by atoms with Crippen LogP contribution in [0.3, 0.4) is 0 Å². The molecule has 0 bridgehead atoms. The summed E-state index contributed by atoms with van der Waals surface area (Å²) in [5, 5.41) is 5.70. The molecule has 0 unspecified atom stereocenters. The fourth-order valence-electron chi connectivity index (χ4n) is 8.74. The molecule has 8 aromatic carbocycles. The van der Waals surface area contributed by atoms with Crippen LogP contribution in [-0.4, -0.2) is 9.97 Å². The molecule has 0 saturated heterocycles. The number of rotatable bonds is 3. The summed E-state index contributed by atoms with van der Waals surface area (Å²) in [5.74, 6) is 0.645. The maximum absolute atomic E-state index is 5.69. The summed E-state index contributed by atoms with van der Waals surface area (Å²) in [6.45, 7) is 0. The fraction of sp³-hybridized carbons (Fsp3) is 0.0213. The molecule has 1 aromatic heterocycles. The lowest BCUT2D eigenvalue weighted by Crippen LogP contribution is -2.57. The summed E-state index contributed by atoms with van der Waals surface area (Å²) in [5.41, 5.74) is 10.1. The summed E-state index contributed by atoms with van der Waals surface area (Å²) >= 11 is 0. The zero-order chi connectivity index (χ0) is 33.5. The molecule has 1 spiro atoms.